The molecular formula is C21H30N2O3. The lowest BCUT2D eigenvalue weighted by atomic mass is 10.0. The number of nitrogens with zero attached hydrogens (tertiary/aromatic N) is 2. The molecule has 2 fully saturated rings. The molecule has 1 saturated heterocycles. The predicted octanol–water partition coefficient (Wildman–Crippen LogP) is 2.84. The van der Waals surface area contributed by atoms with Gasteiger partial charge in [-0.25, -0.2) is 0 Å². The number of hydrogen-bond donors (Lipinski definition) is 0. The molecule has 2 amide bonds. The van der Waals surface area contributed by atoms with Gasteiger partial charge in [-0.05, 0) is 17.9 Å². The van der Waals surface area contributed by atoms with Crippen LogP contribution in [0.3, 0.4) is 0 Å². The summed E-state index contributed by atoms with van der Waals surface area (Å²) in [4.78, 5) is 28.4. The summed E-state index contributed by atoms with van der Waals surface area (Å²) in [5.74, 6) is 1.02. The van der Waals surface area contributed by atoms with Gasteiger partial charge in [0, 0.05) is 32.6 Å². The van der Waals surface area contributed by atoms with Gasteiger partial charge in [0.15, 0.2) is 0 Å². The van der Waals surface area contributed by atoms with Crippen LogP contribution in [0.5, 0.6) is 0 Å². The van der Waals surface area contributed by atoms with E-state index in [2.05, 4.69) is 0 Å². The quantitative estimate of drug-likeness (QED) is 0.753. The summed E-state index contributed by atoms with van der Waals surface area (Å²) in [6.07, 6.45) is 6.93. The van der Waals surface area contributed by atoms with Crippen molar-refractivity contribution < 1.29 is 14.3 Å². The molecular weight excluding hydrogens is 328 g/mol. The Morgan fingerprint density at radius 1 is 0.923 bits per heavy atom. The van der Waals surface area contributed by atoms with E-state index in [-0.39, 0.29) is 18.4 Å². The van der Waals surface area contributed by atoms with Gasteiger partial charge in [-0.2, -0.15) is 0 Å². The van der Waals surface area contributed by atoms with Gasteiger partial charge in [-0.15, -0.1) is 0 Å². The molecule has 2 aliphatic rings. The van der Waals surface area contributed by atoms with Crippen LogP contribution >= 0.6 is 0 Å². The molecule has 0 N–H and O–H groups in total. The highest BCUT2D eigenvalue weighted by Crippen LogP contribution is 2.28. The van der Waals surface area contributed by atoms with Crippen LogP contribution in [0.15, 0.2) is 30.3 Å². The van der Waals surface area contributed by atoms with Crippen LogP contribution in [0.25, 0.3) is 0 Å². The summed E-state index contributed by atoms with van der Waals surface area (Å²) in [6.45, 7) is 3.07. The van der Waals surface area contributed by atoms with Crippen LogP contribution in [0.2, 0.25) is 0 Å². The van der Waals surface area contributed by atoms with Crippen molar-refractivity contribution in [2.75, 3.05) is 32.8 Å². The van der Waals surface area contributed by atoms with Gasteiger partial charge in [0.2, 0.25) is 11.8 Å². The number of carbonyl (C=O) groups excluding carboxylic acids is 2. The average molecular weight is 358 g/mol. The third-order valence-electron chi connectivity index (χ3n) is 5.56. The van der Waals surface area contributed by atoms with Crippen LogP contribution in [-0.2, 0) is 20.9 Å². The number of hydrogen-bond acceptors (Lipinski definition) is 3. The molecule has 0 unspecified atom stereocenters. The molecule has 26 heavy (non-hydrogen) atoms. The van der Waals surface area contributed by atoms with Crippen LogP contribution in [0.1, 0.15) is 44.1 Å². The Kier molecular flexibility index (Phi) is 7.06. The minimum Gasteiger partial charge on any atom is -0.367 e. The molecule has 0 spiro atoms. The zero-order valence-corrected chi connectivity index (χ0v) is 15.6. The van der Waals surface area contributed by atoms with E-state index in [1.165, 1.54) is 25.7 Å². The van der Waals surface area contributed by atoms with Crippen LogP contribution < -0.4 is 0 Å². The average Bonchev–Trinajstić information content (AvgIpc) is 3.20. The second-order valence-corrected chi connectivity index (χ2v) is 7.43. The SMILES string of the molecule is O=C(CCC1CCCC1)N1CCN(C(=O)COCc2ccccc2)CC1. The van der Waals surface area contributed by atoms with Crippen LogP contribution in [-0.4, -0.2) is 54.4 Å². The molecule has 5 nitrogen and oxygen atoms in total. The Hall–Kier alpha value is -1.88. The van der Waals surface area contributed by atoms with Crippen molar-refractivity contribution in [1.29, 1.82) is 0 Å². The smallest absolute Gasteiger partial charge is 0.248 e. The van der Waals surface area contributed by atoms with Gasteiger partial charge in [0.1, 0.15) is 6.61 Å². The standard InChI is InChI=1S/C21H30N2O3/c24-20(11-10-18-6-4-5-7-18)22-12-14-23(15-13-22)21(25)17-26-16-19-8-2-1-3-9-19/h1-3,8-9,18H,4-7,10-17H2. The summed E-state index contributed by atoms with van der Waals surface area (Å²) in [5, 5.41) is 0. The zero-order chi connectivity index (χ0) is 18.2. The van der Waals surface area contributed by atoms with E-state index in [0.29, 0.717) is 39.2 Å². The molecule has 1 aliphatic carbocycles. The molecule has 0 aromatic heterocycles. The van der Waals surface area contributed by atoms with E-state index >= 15 is 0 Å². The first-order valence-corrected chi connectivity index (χ1v) is 9.89. The molecule has 0 atom stereocenters. The highest BCUT2D eigenvalue weighted by atomic mass is 16.5. The van der Waals surface area contributed by atoms with Crippen LogP contribution in [0.4, 0.5) is 0 Å². The first-order valence-electron chi connectivity index (χ1n) is 9.89. The maximum absolute atomic E-state index is 12.4. The number of piperazine rings is 1. The molecule has 1 saturated carbocycles. The number of amides is 2. The second-order valence-electron chi connectivity index (χ2n) is 7.43. The van der Waals surface area contributed by atoms with Crippen molar-refractivity contribution in [3.8, 4) is 0 Å². The first kappa shape index (κ1) is 18.9. The maximum atomic E-state index is 12.4. The topological polar surface area (TPSA) is 49.9 Å². The molecule has 0 radical (unpaired) electrons. The number of carbonyl (C=O) groups is 2. The van der Waals surface area contributed by atoms with E-state index in [9.17, 15) is 9.59 Å². The molecule has 0 bridgehead atoms. The first-order chi connectivity index (χ1) is 12.7. The van der Waals surface area contributed by atoms with Crippen molar-refractivity contribution in [3.63, 3.8) is 0 Å². The molecule has 3 rings (SSSR count). The highest BCUT2D eigenvalue weighted by Gasteiger charge is 2.25. The van der Waals surface area contributed by atoms with Crippen molar-refractivity contribution in [3.05, 3.63) is 35.9 Å². The highest BCUT2D eigenvalue weighted by molar-refractivity contribution is 5.79. The largest absolute Gasteiger partial charge is 0.367 e. The number of ether oxygens (including phenoxy) is 1. The van der Waals surface area contributed by atoms with E-state index < -0.39 is 0 Å². The van der Waals surface area contributed by atoms with Crippen LogP contribution in [0, 0.1) is 5.92 Å². The summed E-state index contributed by atoms with van der Waals surface area (Å²) >= 11 is 0. The lowest BCUT2D eigenvalue weighted by Crippen LogP contribution is -2.51. The van der Waals surface area contributed by atoms with Gasteiger partial charge >= 0.3 is 0 Å². The Morgan fingerprint density at radius 3 is 2.19 bits per heavy atom. The van der Waals surface area contributed by atoms with Gasteiger partial charge in [-0.3, -0.25) is 9.59 Å². The van der Waals surface area contributed by atoms with E-state index in [0.717, 1.165) is 17.9 Å². The van der Waals surface area contributed by atoms with Gasteiger partial charge in [0.05, 0.1) is 6.61 Å². The fourth-order valence-corrected chi connectivity index (χ4v) is 3.91. The van der Waals surface area contributed by atoms with Crippen molar-refractivity contribution in [1.82, 2.24) is 9.80 Å². The Morgan fingerprint density at radius 2 is 1.54 bits per heavy atom. The minimum atomic E-state index is 0.0129. The molecule has 1 heterocycles. The van der Waals surface area contributed by atoms with Crippen molar-refractivity contribution in [2.24, 2.45) is 5.92 Å². The fourth-order valence-electron chi connectivity index (χ4n) is 3.91. The third-order valence-corrected chi connectivity index (χ3v) is 5.56. The van der Waals surface area contributed by atoms with E-state index in [1.54, 1.807) is 0 Å². The summed E-state index contributed by atoms with van der Waals surface area (Å²) < 4.78 is 5.53. The van der Waals surface area contributed by atoms with Crippen molar-refractivity contribution in [2.45, 2.75) is 45.1 Å². The minimum absolute atomic E-state index is 0.0129. The molecule has 1 aromatic carbocycles. The zero-order valence-electron chi connectivity index (χ0n) is 15.6. The lowest BCUT2D eigenvalue weighted by molar-refractivity contribution is -0.142. The Labute approximate surface area is 156 Å². The summed E-state index contributed by atoms with van der Waals surface area (Å²) in [7, 11) is 0. The third kappa shape index (κ3) is 5.56. The fraction of sp³-hybridized carbons (Fsp3) is 0.619. The molecule has 5 heteroatoms. The monoisotopic (exact) mass is 358 g/mol. The summed E-state index contributed by atoms with van der Waals surface area (Å²) in [6, 6.07) is 9.86. The molecule has 1 aliphatic heterocycles. The maximum Gasteiger partial charge on any atom is 0.248 e. The normalized spacial score (nSPS) is 18.3. The van der Waals surface area contributed by atoms with Gasteiger partial charge < -0.3 is 14.5 Å². The Balaban J connectivity index is 1.32. The van der Waals surface area contributed by atoms with Gasteiger partial charge in [-0.1, -0.05) is 56.0 Å². The number of rotatable bonds is 7. The molecule has 142 valence electrons. The molecule has 1 aromatic rings. The van der Waals surface area contributed by atoms with Gasteiger partial charge in [0.25, 0.3) is 0 Å². The number of benzene rings is 1. The predicted molar refractivity (Wildman–Crippen MR) is 100 cm³/mol. The Bertz CT molecular complexity index is 576. The van der Waals surface area contributed by atoms with E-state index in [1.807, 2.05) is 40.1 Å². The van der Waals surface area contributed by atoms with E-state index in [4.69, 9.17) is 4.74 Å². The second kappa shape index (κ2) is 9.72. The van der Waals surface area contributed by atoms with Crippen molar-refractivity contribution >= 4 is 11.8 Å². The summed E-state index contributed by atoms with van der Waals surface area (Å²) in [5.41, 5.74) is 1.07. The lowest BCUT2D eigenvalue weighted by Gasteiger charge is -2.35.